The third-order valence-corrected chi connectivity index (χ3v) is 3.47. The average molecular weight is 393 g/mol. The molecule has 26 heavy (non-hydrogen) atoms. The third-order valence-electron chi connectivity index (χ3n) is 3.08. The van der Waals surface area contributed by atoms with E-state index in [2.05, 4.69) is 23.3 Å². The minimum Gasteiger partial charge on any atom is -0.480 e. The molecule has 0 aliphatic heterocycles. The molecule has 13 heteroatoms. The van der Waals surface area contributed by atoms with Crippen molar-refractivity contribution in [3.05, 3.63) is 0 Å². The van der Waals surface area contributed by atoms with Gasteiger partial charge in [0.05, 0.1) is 12.6 Å². The van der Waals surface area contributed by atoms with Gasteiger partial charge in [0.25, 0.3) is 0 Å². The van der Waals surface area contributed by atoms with Gasteiger partial charge < -0.3 is 37.6 Å². The number of aliphatic carboxylic acids is 1. The van der Waals surface area contributed by atoms with Crippen LogP contribution in [0.25, 0.3) is 0 Å². The smallest absolute Gasteiger partial charge is 0.322 e. The van der Waals surface area contributed by atoms with E-state index in [1.165, 1.54) is 0 Å². The topological polar surface area (TPSA) is 214 Å². The van der Waals surface area contributed by atoms with Gasteiger partial charge in [-0.3, -0.25) is 24.0 Å². The Labute approximate surface area is 154 Å². The molecule has 0 fully saturated rings. The number of carbonyl (C=O) groups excluding carboxylic acids is 4. The van der Waals surface area contributed by atoms with E-state index < -0.39 is 60.9 Å². The number of carboxylic acids is 1. The Balaban J connectivity index is 5.00. The maximum absolute atomic E-state index is 12.3. The van der Waals surface area contributed by atoms with E-state index in [0.29, 0.717) is 0 Å². The van der Waals surface area contributed by atoms with Gasteiger partial charge in [0.15, 0.2) is 0 Å². The SMILES string of the molecule is NC(=O)CCC(NC(=O)C(N)CS)C(=O)NC(CO)C(=O)NCC(=O)O. The number of aliphatic hydroxyl groups is 1. The fourth-order valence-electron chi connectivity index (χ4n) is 1.67. The fourth-order valence-corrected chi connectivity index (χ4v) is 1.84. The number of thiol groups is 1. The highest BCUT2D eigenvalue weighted by molar-refractivity contribution is 7.80. The second-order valence-corrected chi connectivity index (χ2v) is 5.58. The van der Waals surface area contributed by atoms with Crippen molar-refractivity contribution in [3.63, 3.8) is 0 Å². The van der Waals surface area contributed by atoms with Crippen LogP contribution in [0.3, 0.4) is 0 Å². The van der Waals surface area contributed by atoms with Crippen molar-refractivity contribution in [2.45, 2.75) is 31.0 Å². The molecule has 0 heterocycles. The Bertz CT molecular complexity index is 545. The number of rotatable bonds is 12. The molecule has 4 amide bonds. The summed E-state index contributed by atoms with van der Waals surface area (Å²) in [7, 11) is 0. The molecule has 0 radical (unpaired) electrons. The predicted octanol–water partition coefficient (Wildman–Crippen LogP) is -4.33. The largest absolute Gasteiger partial charge is 0.480 e. The number of nitrogens with one attached hydrogen (secondary N) is 3. The van der Waals surface area contributed by atoms with Crippen LogP contribution in [0.2, 0.25) is 0 Å². The molecule has 12 nitrogen and oxygen atoms in total. The molecule has 0 saturated heterocycles. The van der Waals surface area contributed by atoms with E-state index in [1.807, 2.05) is 5.32 Å². The molecule has 0 rings (SSSR count). The lowest BCUT2D eigenvalue weighted by atomic mass is 10.1. The van der Waals surface area contributed by atoms with Crippen molar-refractivity contribution in [1.29, 1.82) is 0 Å². The van der Waals surface area contributed by atoms with Crippen LogP contribution in [-0.2, 0) is 24.0 Å². The minimum absolute atomic E-state index is 0.00680. The normalized spacial score (nSPS) is 13.8. The van der Waals surface area contributed by atoms with Crippen LogP contribution in [0, 0.1) is 0 Å². The van der Waals surface area contributed by atoms with Crippen LogP contribution in [0.4, 0.5) is 0 Å². The van der Waals surface area contributed by atoms with Crippen molar-refractivity contribution in [1.82, 2.24) is 16.0 Å². The van der Waals surface area contributed by atoms with E-state index in [-0.39, 0.29) is 18.6 Å². The van der Waals surface area contributed by atoms with Gasteiger partial charge in [0, 0.05) is 12.2 Å². The molecular formula is C13H23N5O7S. The van der Waals surface area contributed by atoms with Crippen LogP contribution in [-0.4, -0.2) is 76.8 Å². The van der Waals surface area contributed by atoms with Crippen LogP contribution in [0.15, 0.2) is 0 Å². The Kier molecular flexibility index (Phi) is 10.9. The lowest BCUT2D eigenvalue weighted by Gasteiger charge is -2.22. The number of nitrogens with two attached hydrogens (primary N) is 2. The first kappa shape index (κ1) is 23.6. The summed E-state index contributed by atoms with van der Waals surface area (Å²) in [5, 5.41) is 24.2. The highest BCUT2D eigenvalue weighted by atomic mass is 32.1. The maximum Gasteiger partial charge on any atom is 0.322 e. The van der Waals surface area contributed by atoms with E-state index in [1.54, 1.807) is 0 Å². The molecule has 0 bridgehead atoms. The first-order chi connectivity index (χ1) is 12.1. The van der Waals surface area contributed by atoms with Crippen LogP contribution in [0.5, 0.6) is 0 Å². The zero-order valence-electron chi connectivity index (χ0n) is 13.8. The van der Waals surface area contributed by atoms with Gasteiger partial charge in [0.2, 0.25) is 23.6 Å². The molecular weight excluding hydrogens is 370 g/mol. The summed E-state index contributed by atoms with van der Waals surface area (Å²) in [6, 6.07) is -3.70. The highest BCUT2D eigenvalue weighted by Gasteiger charge is 2.28. The fraction of sp³-hybridized carbons (Fsp3) is 0.615. The van der Waals surface area contributed by atoms with Gasteiger partial charge in [-0.1, -0.05) is 0 Å². The van der Waals surface area contributed by atoms with Crippen molar-refractivity contribution in [2.75, 3.05) is 18.9 Å². The Morgan fingerprint density at radius 2 is 1.58 bits per heavy atom. The molecule has 0 aromatic carbocycles. The molecule has 0 spiro atoms. The number of carboxylic acid groups (broad SMARTS) is 1. The summed E-state index contributed by atoms with van der Waals surface area (Å²) in [4.78, 5) is 57.2. The number of hydrogen-bond donors (Lipinski definition) is 8. The summed E-state index contributed by atoms with van der Waals surface area (Å²) in [5.41, 5.74) is 10.5. The van der Waals surface area contributed by atoms with Gasteiger partial charge >= 0.3 is 5.97 Å². The number of carbonyl (C=O) groups is 5. The Morgan fingerprint density at radius 3 is 2.04 bits per heavy atom. The standard InChI is InChI=1S/C13H23N5O7S/c14-6(5-26)11(23)17-7(1-2-9(15)20)13(25)18-8(4-19)12(24)16-3-10(21)22/h6-8,19,26H,1-5,14H2,(H2,15,20)(H,16,24)(H,17,23)(H,18,25)(H,21,22). The van der Waals surface area contributed by atoms with Crippen molar-refractivity contribution >= 4 is 42.2 Å². The lowest BCUT2D eigenvalue weighted by Crippen LogP contribution is -2.57. The van der Waals surface area contributed by atoms with Gasteiger partial charge in [-0.25, -0.2) is 0 Å². The van der Waals surface area contributed by atoms with E-state index in [9.17, 15) is 29.1 Å². The summed E-state index contributed by atoms with van der Waals surface area (Å²) in [5.74, 6) is -4.54. The molecule has 148 valence electrons. The minimum atomic E-state index is -1.45. The molecule has 0 aromatic heterocycles. The Hall–Kier alpha value is -2.38. The summed E-state index contributed by atoms with van der Waals surface area (Å²) >= 11 is 3.86. The van der Waals surface area contributed by atoms with Crippen molar-refractivity contribution in [3.8, 4) is 0 Å². The van der Waals surface area contributed by atoms with Crippen LogP contribution >= 0.6 is 12.6 Å². The molecule has 3 atom stereocenters. The van der Waals surface area contributed by atoms with Gasteiger partial charge in [-0.05, 0) is 6.42 Å². The zero-order valence-corrected chi connectivity index (χ0v) is 14.7. The second kappa shape index (κ2) is 12.1. The lowest BCUT2D eigenvalue weighted by molar-refractivity contribution is -0.139. The third kappa shape index (κ3) is 9.19. The first-order valence-electron chi connectivity index (χ1n) is 7.48. The summed E-state index contributed by atoms with van der Waals surface area (Å²) < 4.78 is 0. The number of amides is 4. The molecule has 0 aliphatic carbocycles. The van der Waals surface area contributed by atoms with Crippen LogP contribution < -0.4 is 27.4 Å². The zero-order chi connectivity index (χ0) is 20.3. The van der Waals surface area contributed by atoms with Gasteiger partial charge in [-0.2, -0.15) is 12.6 Å². The number of primary amides is 1. The quantitative estimate of drug-likeness (QED) is 0.151. The summed E-state index contributed by atoms with van der Waals surface area (Å²) in [6.07, 6.45) is -0.398. The van der Waals surface area contributed by atoms with E-state index in [4.69, 9.17) is 16.6 Å². The monoisotopic (exact) mass is 393 g/mol. The molecule has 0 aliphatic rings. The van der Waals surface area contributed by atoms with Crippen molar-refractivity contribution in [2.24, 2.45) is 11.5 Å². The predicted molar refractivity (Wildman–Crippen MR) is 91.8 cm³/mol. The Morgan fingerprint density at radius 1 is 1.00 bits per heavy atom. The van der Waals surface area contributed by atoms with Crippen LogP contribution in [0.1, 0.15) is 12.8 Å². The van der Waals surface area contributed by atoms with Crippen molar-refractivity contribution < 1.29 is 34.2 Å². The molecule has 0 saturated carbocycles. The molecule has 0 aromatic rings. The maximum atomic E-state index is 12.3. The molecule has 9 N–H and O–H groups in total. The van der Waals surface area contributed by atoms with E-state index in [0.717, 1.165) is 0 Å². The first-order valence-corrected chi connectivity index (χ1v) is 8.11. The average Bonchev–Trinajstić information content (AvgIpc) is 2.59. The van der Waals surface area contributed by atoms with Gasteiger partial charge in [0.1, 0.15) is 18.6 Å². The van der Waals surface area contributed by atoms with Gasteiger partial charge in [-0.15, -0.1) is 0 Å². The summed E-state index contributed by atoms with van der Waals surface area (Å²) in [6.45, 7) is -1.52. The number of hydrogen-bond acceptors (Lipinski definition) is 8. The number of aliphatic hydroxyl groups excluding tert-OH is 1. The van der Waals surface area contributed by atoms with E-state index >= 15 is 0 Å². The molecule has 3 unspecified atom stereocenters. The highest BCUT2D eigenvalue weighted by Crippen LogP contribution is 2.00. The second-order valence-electron chi connectivity index (χ2n) is 5.21.